The van der Waals surface area contributed by atoms with E-state index in [0.717, 1.165) is 0 Å². The van der Waals surface area contributed by atoms with Crippen LogP contribution in [0.25, 0.3) is 5.69 Å². The van der Waals surface area contributed by atoms with Crippen molar-refractivity contribution in [2.24, 2.45) is 0 Å². The lowest BCUT2D eigenvalue weighted by Gasteiger charge is -2.09. The number of benzene rings is 2. The molecule has 7 nitrogen and oxygen atoms in total. The van der Waals surface area contributed by atoms with E-state index in [-0.39, 0.29) is 26.7 Å². The molecule has 0 aliphatic carbocycles. The molecule has 23 heavy (non-hydrogen) atoms. The van der Waals surface area contributed by atoms with Gasteiger partial charge in [-0.15, -0.1) is 5.10 Å². The Hall–Kier alpha value is -2.58. The molecule has 0 fully saturated rings. The van der Waals surface area contributed by atoms with Crippen LogP contribution >= 0.6 is 11.6 Å². The molecule has 2 aromatic carbocycles. The summed E-state index contributed by atoms with van der Waals surface area (Å²) in [6, 6.07) is 12.4. The Morgan fingerprint density at radius 3 is 2.30 bits per heavy atom. The van der Waals surface area contributed by atoms with Crippen molar-refractivity contribution in [3.8, 4) is 5.69 Å². The van der Waals surface area contributed by atoms with Crippen LogP contribution < -0.4 is 11.5 Å². The van der Waals surface area contributed by atoms with Crippen LogP contribution in [-0.4, -0.2) is 23.2 Å². The number of hydrogen-bond acceptors (Lipinski definition) is 6. The maximum absolute atomic E-state index is 12.6. The molecule has 118 valence electrons. The normalized spacial score (nSPS) is 11.5. The number of rotatable bonds is 3. The highest BCUT2D eigenvalue weighted by Gasteiger charge is 2.21. The highest BCUT2D eigenvalue weighted by molar-refractivity contribution is 7.91. The summed E-state index contributed by atoms with van der Waals surface area (Å²) in [5.74, 6) is 0.0943. The van der Waals surface area contributed by atoms with Gasteiger partial charge in [0.1, 0.15) is 0 Å². The minimum absolute atomic E-state index is 0.000718. The highest BCUT2D eigenvalue weighted by atomic mass is 35.5. The summed E-state index contributed by atoms with van der Waals surface area (Å²) in [5.41, 5.74) is 11.6. The van der Waals surface area contributed by atoms with E-state index in [1.54, 1.807) is 18.2 Å². The number of aromatic nitrogens is 3. The van der Waals surface area contributed by atoms with E-state index in [1.165, 1.54) is 35.0 Å². The van der Waals surface area contributed by atoms with Gasteiger partial charge in [0.05, 0.1) is 20.5 Å². The van der Waals surface area contributed by atoms with Gasteiger partial charge in [-0.05, 0) is 30.3 Å². The molecular weight excluding hydrogens is 338 g/mol. The first kappa shape index (κ1) is 15.3. The van der Waals surface area contributed by atoms with Crippen molar-refractivity contribution < 1.29 is 8.42 Å². The van der Waals surface area contributed by atoms with Crippen LogP contribution in [0, 0.1) is 0 Å². The fourth-order valence-corrected chi connectivity index (χ4v) is 3.91. The van der Waals surface area contributed by atoms with Gasteiger partial charge in [-0.3, -0.25) is 0 Å². The molecule has 4 N–H and O–H groups in total. The van der Waals surface area contributed by atoms with Crippen LogP contribution in [0.15, 0.2) is 58.3 Å². The second-order valence-corrected chi connectivity index (χ2v) is 7.00. The molecule has 0 bridgehead atoms. The number of hydrogen-bond donors (Lipinski definition) is 2. The van der Waals surface area contributed by atoms with Crippen molar-refractivity contribution in [3.05, 3.63) is 53.6 Å². The molecule has 0 spiro atoms. The van der Waals surface area contributed by atoms with Crippen molar-refractivity contribution in [1.29, 1.82) is 0 Å². The Morgan fingerprint density at radius 2 is 1.74 bits per heavy atom. The first-order valence-corrected chi connectivity index (χ1v) is 8.34. The number of nitrogens with zero attached hydrogens (tertiary/aromatic N) is 3. The Kier molecular flexibility index (Phi) is 3.70. The zero-order valence-electron chi connectivity index (χ0n) is 11.7. The van der Waals surface area contributed by atoms with Crippen LogP contribution in [0.2, 0.25) is 5.02 Å². The standard InChI is InChI=1S/C14H12ClN5O2S/c15-11-8-9(20-14(17)18-13(16)19-20)6-7-12(11)23(21,22)10-4-2-1-3-5-10/h1-8H,(H4,16,17,18,19). The second kappa shape index (κ2) is 5.56. The lowest BCUT2D eigenvalue weighted by atomic mass is 10.3. The Morgan fingerprint density at radius 1 is 1.04 bits per heavy atom. The third-order valence-corrected chi connectivity index (χ3v) is 5.40. The third kappa shape index (κ3) is 2.73. The van der Waals surface area contributed by atoms with Crippen LogP contribution in [0.5, 0.6) is 0 Å². The molecule has 0 saturated heterocycles. The molecule has 0 radical (unpaired) electrons. The van der Waals surface area contributed by atoms with Crippen molar-refractivity contribution in [3.63, 3.8) is 0 Å². The molecule has 9 heteroatoms. The van der Waals surface area contributed by atoms with Crippen molar-refractivity contribution in [2.45, 2.75) is 9.79 Å². The van der Waals surface area contributed by atoms with Crippen LogP contribution in [0.1, 0.15) is 0 Å². The number of nitrogens with two attached hydrogens (primary N) is 2. The lowest BCUT2D eigenvalue weighted by molar-refractivity contribution is 0.596. The van der Waals surface area contributed by atoms with Gasteiger partial charge in [0.15, 0.2) is 0 Å². The average molecular weight is 350 g/mol. The predicted molar refractivity (Wildman–Crippen MR) is 87.1 cm³/mol. The highest BCUT2D eigenvalue weighted by Crippen LogP contribution is 2.29. The number of sulfone groups is 1. The predicted octanol–water partition coefficient (Wildman–Crippen LogP) is 1.92. The maximum Gasteiger partial charge on any atom is 0.241 e. The van der Waals surface area contributed by atoms with E-state index in [2.05, 4.69) is 10.1 Å². The summed E-state index contributed by atoms with van der Waals surface area (Å²) >= 11 is 6.16. The number of halogens is 1. The fraction of sp³-hybridized carbons (Fsp3) is 0. The lowest BCUT2D eigenvalue weighted by Crippen LogP contribution is -2.06. The van der Waals surface area contributed by atoms with Crippen molar-refractivity contribution in [2.75, 3.05) is 11.5 Å². The monoisotopic (exact) mass is 349 g/mol. The van der Waals surface area contributed by atoms with Crippen LogP contribution in [-0.2, 0) is 9.84 Å². The van der Waals surface area contributed by atoms with Gasteiger partial charge in [0.25, 0.3) is 0 Å². The van der Waals surface area contributed by atoms with Gasteiger partial charge in [0.2, 0.25) is 21.7 Å². The quantitative estimate of drug-likeness (QED) is 0.746. The molecule has 3 rings (SSSR count). The maximum atomic E-state index is 12.6. The molecule has 1 heterocycles. The van der Waals surface area contributed by atoms with E-state index in [0.29, 0.717) is 5.69 Å². The third-order valence-electron chi connectivity index (χ3n) is 3.15. The smallest absolute Gasteiger partial charge is 0.241 e. The Labute approximate surface area is 137 Å². The van der Waals surface area contributed by atoms with Gasteiger partial charge in [-0.25, -0.2) is 8.42 Å². The molecule has 0 unspecified atom stereocenters. The van der Waals surface area contributed by atoms with Gasteiger partial charge in [0, 0.05) is 0 Å². The van der Waals surface area contributed by atoms with Crippen LogP contribution in [0.3, 0.4) is 0 Å². The molecule has 0 amide bonds. The zero-order valence-corrected chi connectivity index (χ0v) is 13.3. The van der Waals surface area contributed by atoms with Crippen LogP contribution in [0.4, 0.5) is 11.9 Å². The number of anilines is 2. The zero-order chi connectivity index (χ0) is 16.6. The molecule has 0 aliphatic rings. The summed E-state index contributed by atoms with van der Waals surface area (Å²) in [5, 5.41) is 3.98. The summed E-state index contributed by atoms with van der Waals surface area (Å²) in [6.07, 6.45) is 0. The fourth-order valence-electron chi connectivity index (χ4n) is 2.10. The Bertz CT molecular complexity index is 970. The molecule has 0 atom stereocenters. The first-order valence-electron chi connectivity index (χ1n) is 6.47. The van der Waals surface area contributed by atoms with E-state index < -0.39 is 9.84 Å². The second-order valence-electron chi connectivity index (χ2n) is 4.67. The van der Waals surface area contributed by atoms with Gasteiger partial charge in [-0.2, -0.15) is 9.67 Å². The van der Waals surface area contributed by atoms with Crippen molar-refractivity contribution in [1.82, 2.24) is 14.8 Å². The van der Waals surface area contributed by atoms with E-state index in [4.69, 9.17) is 23.1 Å². The average Bonchev–Trinajstić information content (AvgIpc) is 2.86. The largest absolute Gasteiger partial charge is 0.368 e. The summed E-state index contributed by atoms with van der Waals surface area (Å²) in [6.45, 7) is 0. The van der Waals surface area contributed by atoms with E-state index >= 15 is 0 Å². The molecule has 0 saturated carbocycles. The molecule has 1 aromatic heterocycles. The summed E-state index contributed by atoms with van der Waals surface area (Å²) in [4.78, 5) is 3.95. The molecular formula is C14H12ClN5O2S. The SMILES string of the molecule is Nc1nc(N)n(-c2ccc(S(=O)(=O)c3ccccc3)c(Cl)c2)n1. The van der Waals surface area contributed by atoms with E-state index in [9.17, 15) is 8.42 Å². The summed E-state index contributed by atoms with van der Waals surface area (Å²) < 4.78 is 26.5. The Balaban J connectivity index is 2.09. The first-order chi connectivity index (χ1) is 10.9. The molecule has 0 aliphatic heterocycles. The van der Waals surface area contributed by atoms with Gasteiger partial charge >= 0.3 is 0 Å². The molecule has 3 aromatic rings. The topological polar surface area (TPSA) is 117 Å². The van der Waals surface area contributed by atoms with Crippen molar-refractivity contribution >= 4 is 33.3 Å². The van der Waals surface area contributed by atoms with Gasteiger partial charge in [-0.1, -0.05) is 29.8 Å². The summed E-state index contributed by atoms with van der Waals surface area (Å²) in [7, 11) is -3.71. The number of nitrogen functional groups attached to an aromatic ring is 2. The van der Waals surface area contributed by atoms with E-state index in [1.807, 2.05) is 0 Å². The van der Waals surface area contributed by atoms with Gasteiger partial charge < -0.3 is 11.5 Å². The minimum Gasteiger partial charge on any atom is -0.368 e. The minimum atomic E-state index is -3.71.